The number of halogens is 1. The van der Waals surface area contributed by atoms with E-state index in [9.17, 15) is 0 Å². The number of benzene rings is 1. The van der Waals surface area contributed by atoms with Crippen LogP contribution in [0.3, 0.4) is 0 Å². The maximum absolute atomic E-state index is 5.91. The summed E-state index contributed by atoms with van der Waals surface area (Å²) in [6.07, 6.45) is 5.50. The predicted molar refractivity (Wildman–Crippen MR) is 87.2 cm³/mol. The van der Waals surface area contributed by atoms with Crippen molar-refractivity contribution in [3.8, 4) is 0 Å². The van der Waals surface area contributed by atoms with E-state index in [0.717, 1.165) is 36.6 Å². The molecule has 3 heteroatoms. The van der Waals surface area contributed by atoms with Gasteiger partial charge < -0.3 is 10.2 Å². The molecule has 2 nitrogen and oxygen atoms in total. The SMILES string of the molecule is CC1CCCC(NCCN(C)Cc2ccc(Cl)cc2)C1. The van der Waals surface area contributed by atoms with E-state index in [1.165, 1.54) is 31.2 Å². The van der Waals surface area contributed by atoms with E-state index in [1.807, 2.05) is 12.1 Å². The molecular weight excluding hydrogens is 268 g/mol. The summed E-state index contributed by atoms with van der Waals surface area (Å²) in [5, 5.41) is 4.52. The topological polar surface area (TPSA) is 15.3 Å². The molecular formula is C17H27ClN2. The first-order valence-electron chi connectivity index (χ1n) is 7.80. The maximum Gasteiger partial charge on any atom is 0.0406 e. The minimum Gasteiger partial charge on any atom is -0.313 e. The van der Waals surface area contributed by atoms with Crippen LogP contribution >= 0.6 is 11.6 Å². The Hall–Kier alpha value is -0.570. The van der Waals surface area contributed by atoms with Crippen LogP contribution in [0.2, 0.25) is 5.02 Å². The number of hydrogen-bond acceptors (Lipinski definition) is 2. The first-order valence-corrected chi connectivity index (χ1v) is 8.17. The van der Waals surface area contributed by atoms with E-state index in [0.29, 0.717) is 0 Å². The molecule has 0 bridgehead atoms. The summed E-state index contributed by atoms with van der Waals surface area (Å²) >= 11 is 5.91. The Morgan fingerprint density at radius 1 is 1.25 bits per heavy atom. The van der Waals surface area contributed by atoms with Crippen LogP contribution in [0.25, 0.3) is 0 Å². The Kier molecular flexibility index (Phi) is 6.34. The predicted octanol–water partition coefficient (Wildman–Crippen LogP) is 3.94. The summed E-state index contributed by atoms with van der Waals surface area (Å²) in [6.45, 7) is 5.54. The molecule has 2 atom stereocenters. The van der Waals surface area contributed by atoms with Crippen LogP contribution in [-0.4, -0.2) is 31.1 Å². The van der Waals surface area contributed by atoms with Gasteiger partial charge in [0.15, 0.2) is 0 Å². The van der Waals surface area contributed by atoms with Gasteiger partial charge in [-0.1, -0.05) is 43.5 Å². The summed E-state index contributed by atoms with van der Waals surface area (Å²) in [6, 6.07) is 8.88. The third kappa shape index (κ3) is 5.43. The molecule has 0 spiro atoms. The summed E-state index contributed by atoms with van der Waals surface area (Å²) < 4.78 is 0. The minimum absolute atomic E-state index is 0.739. The van der Waals surface area contributed by atoms with Crippen LogP contribution < -0.4 is 5.32 Å². The van der Waals surface area contributed by atoms with Crippen LogP contribution in [-0.2, 0) is 6.54 Å². The van der Waals surface area contributed by atoms with Gasteiger partial charge in [0.1, 0.15) is 0 Å². The molecule has 1 aliphatic carbocycles. The van der Waals surface area contributed by atoms with Gasteiger partial charge in [-0.25, -0.2) is 0 Å². The van der Waals surface area contributed by atoms with E-state index in [4.69, 9.17) is 11.6 Å². The molecule has 2 rings (SSSR count). The van der Waals surface area contributed by atoms with Crippen LogP contribution in [0, 0.1) is 5.92 Å². The second kappa shape index (κ2) is 8.02. The lowest BCUT2D eigenvalue weighted by Crippen LogP contribution is -2.38. The van der Waals surface area contributed by atoms with Crippen LogP contribution in [0.15, 0.2) is 24.3 Å². The van der Waals surface area contributed by atoms with Crippen molar-refractivity contribution in [2.45, 2.75) is 45.2 Å². The molecule has 20 heavy (non-hydrogen) atoms. The van der Waals surface area contributed by atoms with Crippen molar-refractivity contribution in [2.75, 3.05) is 20.1 Å². The summed E-state index contributed by atoms with van der Waals surface area (Å²) in [5.41, 5.74) is 1.32. The van der Waals surface area contributed by atoms with E-state index in [1.54, 1.807) is 0 Å². The first kappa shape index (κ1) is 15.8. The van der Waals surface area contributed by atoms with Gasteiger partial charge in [0, 0.05) is 30.7 Å². The highest BCUT2D eigenvalue weighted by Crippen LogP contribution is 2.23. The molecule has 1 aromatic rings. The lowest BCUT2D eigenvalue weighted by Gasteiger charge is -2.28. The Bertz CT molecular complexity index is 390. The lowest BCUT2D eigenvalue weighted by molar-refractivity contribution is 0.274. The molecule has 0 heterocycles. The third-order valence-corrected chi connectivity index (χ3v) is 4.48. The zero-order valence-corrected chi connectivity index (χ0v) is 13.5. The van der Waals surface area contributed by atoms with Gasteiger partial charge in [-0.3, -0.25) is 0 Å². The zero-order chi connectivity index (χ0) is 14.4. The fourth-order valence-electron chi connectivity index (χ4n) is 3.06. The quantitative estimate of drug-likeness (QED) is 0.855. The second-order valence-electron chi connectivity index (χ2n) is 6.29. The molecule has 1 fully saturated rings. The van der Waals surface area contributed by atoms with Crippen LogP contribution in [0.5, 0.6) is 0 Å². The fraction of sp³-hybridized carbons (Fsp3) is 0.647. The van der Waals surface area contributed by atoms with E-state index >= 15 is 0 Å². The van der Waals surface area contributed by atoms with Crippen LogP contribution in [0.1, 0.15) is 38.2 Å². The molecule has 2 unspecified atom stereocenters. The number of rotatable bonds is 6. The molecule has 1 aliphatic rings. The first-order chi connectivity index (χ1) is 9.63. The highest BCUT2D eigenvalue weighted by Gasteiger charge is 2.17. The summed E-state index contributed by atoms with van der Waals surface area (Å²) in [7, 11) is 2.18. The van der Waals surface area contributed by atoms with Crippen molar-refractivity contribution in [3.05, 3.63) is 34.9 Å². The van der Waals surface area contributed by atoms with Gasteiger partial charge in [0.2, 0.25) is 0 Å². The molecule has 0 radical (unpaired) electrons. The highest BCUT2D eigenvalue weighted by atomic mass is 35.5. The lowest BCUT2D eigenvalue weighted by atomic mass is 9.87. The van der Waals surface area contributed by atoms with Gasteiger partial charge in [-0.2, -0.15) is 0 Å². The van der Waals surface area contributed by atoms with Gasteiger partial charge in [-0.15, -0.1) is 0 Å². The Morgan fingerprint density at radius 3 is 2.70 bits per heavy atom. The van der Waals surface area contributed by atoms with Gasteiger partial charge in [0.05, 0.1) is 0 Å². The number of hydrogen-bond donors (Lipinski definition) is 1. The molecule has 1 aromatic carbocycles. The molecule has 0 aromatic heterocycles. The zero-order valence-electron chi connectivity index (χ0n) is 12.7. The minimum atomic E-state index is 0.739. The van der Waals surface area contributed by atoms with Crippen molar-refractivity contribution in [1.82, 2.24) is 10.2 Å². The normalized spacial score (nSPS) is 23.2. The summed E-state index contributed by atoms with van der Waals surface area (Å²) in [5.74, 6) is 0.896. The van der Waals surface area contributed by atoms with E-state index < -0.39 is 0 Å². The molecule has 112 valence electrons. The van der Waals surface area contributed by atoms with E-state index in [2.05, 4.69) is 36.3 Å². The van der Waals surface area contributed by atoms with Crippen LogP contribution in [0.4, 0.5) is 0 Å². The Morgan fingerprint density at radius 2 is 2.00 bits per heavy atom. The standard InChI is InChI=1S/C17H27ClN2/c1-14-4-3-5-17(12-14)19-10-11-20(2)13-15-6-8-16(18)9-7-15/h6-9,14,17,19H,3-5,10-13H2,1-2H3. The summed E-state index contributed by atoms with van der Waals surface area (Å²) in [4.78, 5) is 2.36. The second-order valence-corrected chi connectivity index (χ2v) is 6.72. The third-order valence-electron chi connectivity index (χ3n) is 4.23. The molecule has 1 saturated carbocycles. The average Bonchev–Trinajstić information content (AvgIpc) is 2.41. The Labute approximate surface area is 128 Å². The molecule has 1 N–H and O–H groups in total. The number of nitrogens with zero attached hydrogens (tertiary/aromatic N) is 1. The maximum atomic E-state index is 5.91. The number of nitrogens with one attached hydrogen (secondary N) is 1. The van der Waals surface area contributed by atoms with Gasteiger partial charge in [0.25, 0.3) is 0 Å². The monoisotopic (exact) mass is 294 g/mol. The largest absolute Gasteiger partial charge is 0.313 e. The van der Waals surface area contributed by atoms with Crippen molar-refractivity contribution in [2.24, 2.45) is 5.92 Å². The van der Waals surface area contributed by atoms with Crippen molar-refractivity contribution in [3.63, 3.8) is 0 Å². The molecule has 0 amide bonds. The van der Waals surface area contributed by atoms with Gasteiger partial charge in [-0.05, 0) is 43.5 Å². The van der Waals surface area contributed by atoms with Crippen molar-refractivity contribution >= 4 is 11.6 Å². The van der Waals surface area contributed by atoms with E-state index in [-0.39, 0.29) is 0 Å². The van der Waals surface area contributed by atoms with Crippen molar-refractivity contribution < 1.29 is 0 Å². The fourth-order valence-corrected chi connectivity index (χ4v) is 3.19. The molecule has 0 saturated heterocycles. The molecule has 0 aliphatic heterocycles. The van der Waals surface area contributed by atoms with Gasteiger partial charge >= 0.3 is 0 Å². The number of likely N-dealkylation sites (N-methyl/N-ethyl adjacent to an activating group) is 1. The Balaban J connectivity index is 1.64. The highest BCUT2D eigenvalue weighted by molar-refractivity contribution is 6.30. The smallest absolute Gasteiger partial charge is 0.0406 e. The average molecular weight is 295 g/mol. The van der Waals surface area contributed by atoms with Crippen molar-refractivity contribution in [1.29, 1.82) is 0 Å².